The zero-order valence-electron chi connectivity index (χ0n) is 8.44. The molecule has 0 amide bonds. The number of anilines is 2. The summed E-state index contributed by atoms with van der Waals surface area (Å²) in [6, 6.07) is 4.09. The number of nitro groups is 1. The first kappa shape index (κ1) is 11.5. The van der Waals surface area contributed by atoms with Crippen molar-refractivity contribution in [3.8, 4) is 0 Å². The molecule has 1 heterocycles. The summed E-state index contributed by atoms with van der Waals surface area (Å²) in [4.78, 5) is 20.6. The smallest absolute Gasteiger partial charge is 0.309 e. The van der Waals surface area contributed by atoms with Gasteiger partial charge in [-0.2, -0.15) is 0 Å². The van der Waals surface area contributed by atoms with Crippen LogP contribution in [-0.4, -0.2) is 21.1 Å². The topological polar surface area (TPSA) is 104 Å². The van der Waals surface area contributed by atoms with E-state index in [1.54, 1.807) is 0 Å². The highest BCUT2D eigenvalue weighted by molar-refractivity contribution is 6.28. The Kier molecular flexibility index (Phi) is 2.55. The maximum Gasteiger partial charge on any atom is 0.309 e. The van der Waals surface area contributed by atoms with Crippen LogP contribution in [0.5, 0.6) is 0 Å². The van der Waals surface area contributed by atoms with E-state index in [9.17, 15) is 14.9 Å². The van der Waals surface area contributed by atoms with Gasteiger partial charge in [-0.25, -0.2) is 0 Å². The van der Waals surface area contributed by atoms with Crippen LogP contribution in [0.2, 0.25) is 0 Å². The van der Waals surface area contributed by atoms with Crippen LogP contribution in [0.3, 0.4) is 0 Å². The molecule has 0 saturated carbocycles. The Labute approximate surface area is 101 Å². The molecule has 2 rings (SSSR count). The summed E-state index contributed by atoms with van der Waals surface area (Å²) in [6.45, 7) is 0. The maximum atomic E-state index is 10.6. The Morgan fingerprint density at radius 3 is 2.71 bits per heavy atom. The number of halogens is 1. The van der Waals surface area contributed by atoms with Crippen molar-refractivity contribution in [2.75, 3.05) is 10.6 Å². The van der Waals surface area contributed by atoms with Gasteiger partial charge in [0, 0.05) is 12.1 Å². The van der Waals surface area contributed by atoms with Crippen molar-refractivity contribution in [2.45, 2.75) is 11.5 Å². The molecule has 0 saturated heterocycles. The van der Waals surface area contributed by atoms with Gasteiger partial charge in [-0.1, -0.05) is 11.6 Å². The van der Waals surface area contributed by atoms with Gasteiger partial charge < -0.3 is 15.7 Å². The second-order valence-corrected chi connectivity index (χ2v) is 4.25. The number of hydrogen-bond acceptors (Lipinski definition) is 5. The van der Waals surface area contributed by atoms with Crippen molar-refractivity contribution < 1.29 is 14.8 Å². The minimum atomic E-state index is -1.34. The van der Waals surface area contributed by atoms with Gasteiger partial charge in [-0.3, -0.25) is 14.9 Å². The van der Waals surface area contributed by atoms with Crippen LogP contribution in [0.1, 0.15) is 6.42 Å². The monoisotopic (exact) mass is 257 g/mol. The predicted molar refractivity (Wildman–Crippen MR) is 61.2 cm³/mol. The molecule has 3 N–H and O–H groups in total. The molecule has 0 bridgehead atoms. The summed E-state index contributed by atoms with van der Waals surface area (Å²) < 4.78 is 0. The zero-order valence-corrected chi connectivity index (χ0v) is 9.19. The fraction of sp³-hybridized carbons (Fsp3) is 0.222. The molecule has 1 atom stereocenters. The highest BCUT2D eigenvalue weighted by atomic mass is 35.5. The number of rotatable bonds is 3. The highest BCUT2D eigenvalue weighted by Crippen LogP contribution is 2.39. The molecule has 90 valence electrons. The van der Waals surface area contributed by atoms with E-state index < -0.39 is 16.0 Å². The van der Waals surface area contributed by atoms with E-state index in [1.165, 1.54) is 18.2 Å². The average Bonchev–Trinajstić information content (AvgIpc) is 2.50. The van der Waals surface area contributed by atoms with Gasteiger partial charge in [0.05, 0.1) is 16.3 Å². The lowest BCUT2D eigenvalue weighted by molar-refractivity contribution is -0.384. The van der Waals surface area contributed by atoms with Crippen molar-refractivity contribution in [2.24, 2.45) is 0 Å². The summed E-state index contributed by atoms with van der Waals surface area (Å²) in [6.07, 6.45) is -0.364. The van der Waals surface area contributed by atoms with Gasteiger partial charge >= 0.3 is 5.97 Å². The number of nitrogens with zero attached hydrogens (tertiary/aromatic N) is 1. The third kappa shape index (κ3) is 2.23. The van der Waals surface area contributed by atoms with Gasteiger partial charge in [-0.05, 0) is 6.07 Å². The molecule has 1 aromatic rings. The molecule has 17 heavy (non-hydrogen) atoms. The van der Waals surface area contributed by atoms with E-state index in [0.717, 1.165) is 0 Å². The van der Waals surface area contributed by atoms with E-state index in [0.29, 0.717) is 11.4 Å². The summed E-state index contributed by atoms with van der Waals surface area (Å²) in [5.41, 5.74) is 0.858. The molecular formula is C9H8ClN3O4. The third-order valence-electron chi connectivity index (χ3n) is 2.27. The van der Waals surface area contributed by atoms with E-state index in [-0.39, 0.29) is 12.1 Å². The van der Waals surface area contributed by atoms with Crippen LogP contribution >= 0.6 is 11.6 Å². The largest absolute Gasteiger partial charge is 0.481 e. The predicted octanol–water partition coefficient (Wildman–Crippen LogP) is 1.80. The van der Waals surface area contributed by atoms with Crippen molar-refractivity contribution >= 4 is 34.6 Å². The molecule has 0 spiro atoms. The normalized spacial score (nSPS) is 21.2. The number of hydrogen-bond donors (Lipinski definition) is 3. The van der Waals surface area contributed by atoms with Gasteiger partial charge in [-0.15, -0.1) is 0 Å². The average molecular weight is 258 g/mol. The summed E-state index contributed by atoms with van der Waals surface area (Å²) in [5, 5.41) is 23.4. The fourth-order valence-corrected chi connectivity index (χ4v) is 1.93. The van der Waals surface area contributed by atoms with E-state index in [4.69, 9.17) is 16.7 Å². The minimum absolute atomic E-state index is 0.0886. The molecule has 0 fully saturated rings. The first-order valence-corrected chi connectivity index (χ1v) is 5.03. The molecule has 7 nitrogen and oxygen atoms in total. The van der Waals surface area contributed by atoms with Crippen molar-refractivity contribution in [3.05, 3.63) is 28.3 Å². The van der Waals surface area contributed by atoms with Gasteiger partial charge in [0.25, 0.3) is 5.69 Å². The number of benzene rings is 1. The fourth-order valence-electron chi connectivity index (χ4n) is 1.61. The molecule has 0 radical (unpaired) electrons. The van der Waals surface area contributed by atoms with Crippen LogP contribution < -0.4 is 10.6 Å². The first-order valence-electron chi connectivity index (χ1n) is 4.65. The zero-order chi connectivity index (χ0) is 12.6. The number of nitro benzene ring substituents is 1. The molecular weight excluding hydrogens is 250 g/mol. The van der Waals surface area contributed by atoms with Gasteiger partial charge in [0.1, 0.15) is 6.42 Å². The lowest BCUT2D eigenvalue weighted by Gasteiger charge is -2.20. The number of non-ortho nitro benzene ring substituents is 1. The van der Waals surface area contributed by atoms with Crippen LogP contribution in [0.15, 0.2) is 18.2 Å². The molecule has 1 aliphatic rings. The SMILES string of the molecule is O=C(O)CC1(Cl)Nc2ccc([N+](=O)[O-])cc2N1. The molecule has 1 aromatic carbocycles. The molecule has 0 aromatic heterocycles. The van der Waals surface area contributed by atoms with Crippen molar-refractivity contribution in [3.63, 3.8) is 0 Å². The van der Waals surface area contributed by atoms with Gasteiger partial charge in [0.15, 0.2) is 5.12 Å². The lowest BCUT2D eigenvalue weighted by atomic mass is 10.2. The summed E-state index contributed by atoms with van der Waals surface area (Å²) in [5.74, 6) is -1.08. The Morgan fingerprint density at radius 1 is 1.47 bits per heavy atom. The number of carbonyl (C=O) groups is 1. The third-order valence-corrected chi connectivity index (χ3v) is 2.60. The van der Waals surface area contributed by atoms with E-state index in [2.05, 4.69) is 10.6 Å². The molecule has 1 aliphatic heterocycles. The Balaban J connectivity index is 2.27. The molecule has 8 heteroatoms. The van der Waals surface area contributed by atoms with E-state index in [1.807, 2.05) is 0 Å². The quantitative estimate of drug-likeness (QED) is 0.330. The van der Waals surface area contributed by atoms with Crippen LogP contribution in [-0.2, 0) is 4.79 Å². The van der Waals surface area contributed by atoms with Crippen molar-refractivity contribution in [1.82, 2.24) is 0 Å². The Hall–Kier alpha value is -2.02. The molecule has 1 unspecified atom stereocenters. The first-order chi connectivity index (χ1) is 7.89. The van der Waals surface area contributed by atoms with Gasteiger partial charge in [0.2, 0.25) is 0 Å². The maximum absolute atomic E-state index is 10.6. The molecule has 0 aliphatic carbocycles. The second-order valence-electron chi connectivity index (χ2n) is 3.61. The lowest BCUT2D eigenvalue weighted by Crippen LogP contribution is -2.37. The number of fused-ring (bicyclic) bond motifs is 1. The standard InChI is InChI=1S/C9H8ClN3O4/c10-9(4-8(14)15)11-6-2-1-5(13(16)17)3-7(6)12-9/h1-3,11-12H,4H2,(H,14,15). The Bertz CT molecular complexity index is 507. The number of carboxylic acids is 1. The summed E-state index contributed by atoms with van der Waals surface area (Å²) in [7, 11) is 0. The highest BCUT2D eigenvalue weighted by Gasteiger charge is 2.37. The van der Waals surface area contributed by atoms with Crippen LogP contribution in [0.4, 0.5) is 17.1 Å². The number of carboxylic acid groups (broad SMARTS) is 1. The number of alkyl halides is 1. The van der Waals surface area contributed by atoms with Crippen molar-refractivity contribution in [1.29, 1.82) is 0 Å². The van der Waals surface area contributed by atoms with Crippen LogP contribution in [0, 0.1) is 10.1 Å². The number of aliphatic carboxylic acids is 1. The van der Waals surface area contributed by atoms with E-state index >= 15 is 0 Å². The minimum Gasteiger partial charge on any atom is -0.481 e. The summed E-state index contributed by atoms with van der Waals surface area (Å²) >= 11 is 5.99. The number of nitrogens with one attached hydrogen (secondary N) is 2. The Morgan fingerprint density at radius 2 is 2.12 bits per heavy atom. The second kappa shape index (κ2) is 3.77. The van der Waals surface area contributed by atoms with Crippen LogP contribution in [0.25, 0.3) is 0 Å².